The number of carbonyl (C=O) groups is 1. The minimum absolute atomic E-state index is 0.231. The summed E-state index contributed by atoms with van der Waals surface area (Å²) in [7, 11) is 1.80. The van der Waals surface area contributed by atoms with Crippen LogP contribution in [0.4, 0.5) is 0 Å². The maximum absolute atomic E-state index is 11.5. The Morgan fingerprint density at radius 1 is 1.61 bits per heavy atom. The van der Waals surface area contributed by atoms with Crippen LogP contribution in [0.15, 0.2) is 16.8 Å². The summed E-state index contributed by atoms with van der Waals surface area (Å²) in [5, 5.41) is 7.94. The Morgan fingerprint density at radius 2 is 2.39 bits per heavy atom. The molecule has 2 heterocycles. The molecule has 0 radical (unpaired) electrons. The lowest BCUT2D eigenvalue weighted by Gasteiger charge is -2.04. The van der Waals surface area contributed by atoms with Crippen molar-refractivity contribution in [2.24, 2.45) is 7.05 Å². The monoisotopic (exact) mass is 250 g/mol. The molecule has 0 aromatic carbocycles. The van der Waals surface area contributed by atoms with Crippen LogP contribution >= 0.6 is 0 Å². The summed E-state index contributed by atoms with van der Waals surface area (Å²) in [6.45, 7) is 3.73. The summed E-state index contributed by atoms with van der Waals surface area (Å²) < 4.78 is 11.6. The molecule has 1 unspecified atom stereocenters. The van der Waals surface area contributed by atoms with Crippen LogP contribution in [0.25, 0.3) is 11.5 Å². The molecule has 7 nitrogen and oxygen atoms in total. The van der Waals surface area contributed by atoms with Gasteiger partial charge in [-0.15, -0.1) is 0 Å². The normalized spacial score (nSPS) is 12.4. The number of carbonyl (C=O) groups excluding carboxylic acids is 1. The third-order valence-corrected chi connectivity index (χ3v) is 2.40. The van der Waals surface area contributed by atoms with Gasteiger partial charge < -0.3 is 9.26 Å². The molecule has 7 heteroatoms. The van der Waals surface area contributed by atoms with Crippen molar-refractivity contribution in [3.63, 3.8) is 0 Å². The molecule has 0 bridgehead atoms. The van der Waals surface area contributed by atoms with E-state index in [-0.39, 0.29) is 11.9 Å². The van der Waals surface area contributed by atoms with E-state index in [0.717, 1.165) is 0 Å². The summed E-state index contributed by atoms with van der Waals surface area (Å²) in [4.78, 5) is 15.7. The summed E-state index contributed by atoms with van der Waals surface area (Å²) in [5.41, 5.74) is 0.601. The molecular formula is C11H14N4O3. The summed E-state index contributed by atoms with van der Waals surface area (Å²) >= 11 is 0. The van der Waals surface area contributed by atoms with Gasteiger partial charge in [0.2, 0.25) is 11.7 Å². The number of hydrogen-bond donors (Lipinski definition) is 0. The lowest BCUT2D eigenvalue weighted by Crippen LogP contribution is -2.13. The molecular weight excluding hydrogens is 236 g/mol. The van der Waals surface area contributed by atoms with E-state index in [0.29, 0.717) is 18.1 Å². The van der Waals surface area contributed by atoms with Gasteiger partial charge in [-0.3, -0.25) is 9.48 Å². The van der Waals surface area contributed by atoms with Gasteiger partial charge in [-0.05, 0) is 19.9 Å². The van der Waals surface area contributed by atoms with Crippen molar-refractivity contribution in [1.29, 1.82) is 0 Å². The molecule has 0 saturated carbocycles. The summed E-state index contributed by atoms with van der Waals surface area (Å²) in [6.07, 6.45) is 1.78. The highest BCUT2D eigenvalue weighted by molar-refractivity contribution is 5.76. The molecule has 0 aliphatic heterocycles. The highest BCUT2D eigenvalue weighted by Gasteiger charge is 2.23. The Balaban J connectivity index is 2.17. The molecule has 0 spiro atoms. The van der Waals surface area contributed by atoms with Crippen LogP contribution in [0, 0.1) is 0 Å². The van der Waals surface area contributed by atoms with E-state index >= 15 is 0 Å². The second-order valence-electron chi connectivity index (χ2n) is 3.80. The van der Waals surface area contributed by atoms with Crippen LogP contribution in [-0.4, -0.2) is 32.5 Å². The van der Waals surface area contributed by atoms with Gasteiger partial charge in [0.05, 0.1) is 6.61 Å². The molecule has 0 aliphatic carbocycles. The topological polar surface area (TPSA) is 83.0 Å². The fourth-order valence-electron chi connectivity index (χ4n) is 1.42. The number of hydrogen-bond acceptors (Lipinski definition) is 6. The van der Waals surface area contributed by atoms with E-state index in [4.69, 9.17) is 9.26 Å². The standard InChI is InChI=1S/C11H14N4O3/c1-4-17-11(16)7(2)10-12-9(14-18-10)8-5-6-15(3)13-8/h5-7H,4H2,1-3H3. The maximum atomic E-state index is 11.5. The van der Waals surface area contributed by atoms with Gasteiger partial charge >= 0.3 is 5.97 Å². The molecule has 1 atom stereocenters. The smallest absolute Gasteiger partial charge is 0.318 e. The number of ether oxygens (including phenoxy) is 1. The molecule has 0 N–H and O–H groups in total. The van der Waals surface area contributed by atoms with Gasteiger partial charge in [0, 0.05) is 13.2 Å². The van der Waals surface area contributed by atoms with Crippen molar-refractivity contribution >= 4 is 5.97 Å². The Hall–Kier alpha value is -2.18. The van der Waals surface area contributed by atoms with Crippen LogP contribution in [0.2, 0.25) is 0 Å². The first-order valence-corrected chi connectivity index (χ1v) is 5.62. The molecule has 2 aromatic rings. The zero-order chi connectivity index (χ0) is 13.1. The van der Waals surface area contributed by atoms with Gasteiger partial charge in [0.1, 0.15) is 11.6 Å². The van der Waals surface area contributed by atoms with E-state index in [1.54, 1.807) is 37.8 Å². The first kappa shape index (κ1) is 12.3. The predicted molar refractivity (Wildman–Crippen MR) is 61.5 cm³/mol. The maximum Gasteiger partial charge on any atom is 0.318 e. The van der Waals surface area contributed by atoms with Crippen molar-refractivity contribution in [3.8, 4) is 11.5 Å². The Labute approximate surface area is 104 Å². The second kappa shape index (κ2) is 4.99. The zero-order valence-corrected chi connectivity index (χ0v) is 10.5. The summed E-state index contributed by atoms with van der Waals surface area (Å²) in [6, 6.07) is 1.77. The van der Waals surface area contributed by atoms with Gasteiger partial charge in [0.15, 0.2) is 0 Å². The van der Waals surface area contributed by atoms with E-state index in [2.05, 4.69) is 15.2 Å². The first-order valence-electron chi connectivity index (χ1n) is 5.62. The minimum atomic E-state index is -0.574. The Morgan fingerprint density at radius 3 is 3.00 bits per heavy atom. The van der Waals surface area contributed by atoms with Crippen LogP contribution < -0.4 is 0 Å². The predicted octanol–water partition coefficient (Wildman–Crippen LogP) is 1.14. The highest BCUT2D eigenvalue weighted by atomic mass is 16.5. The molecule has 2 aromatic heterocycles. The lowest BCUT2D eigenvalue weighted by atomic mass is 10.2. The van der Waals surface area contributed by atoms with Crippen LogP contribution in [0.3, 0.4) is 0 Å². The highest BCUT2D eigenvalue weighted by Crippen LogP contribution is 2.19. The van der Waals surface area contributed by atoms with Gasteiger partial charge in [-0.1, -0.05) is 5.16 Å². The van der Waals surface area contributed by atoms with Crippen LogP contribution in [-0.2, 0) is 16.6 Å². The molecule has 96 valence electrons. The number of aromatic nitrogens is 4. The SMILES string of the molecule is CCOC(=O)C(C)c1nc(-c2ccn(C)n2)no1. The Bertz CT molecular complexity index is 546. The zero-order valence-electron chi connectivity index (χ0n) is 10.5. The van der Waals surface area contributed by atoms with Gasteiger partial charge in [-0.2, -0.15) is 10.1 Å². The van der Waals surface area contributed by atoms with Crippen molar-refractivity contribution in [3.05, 3.63) is 18.2 Å². The van der Waals surface area contributed by atoms with E-state index in [1.807, 2.05) is 0 Å². The fourth-order valence-corrected chi connectivity index (χ4v) is 1.42. The number of aryl methyl sites for hydroxylation is 1. The van der Waals surface area contributed by atoms with Crippen molar-refractivity contribution < 1.29 is 14.1 Å². The molecule has 2 rings (SSSR count). The largest absolute Gasteiger partial charge is 0.465 e. The van der Waals surface area contributed by atoms with E-state index < -0.39 is 5.92 Å². The average molecular weight is 250 g/mol. The molecule has 0 amide bonds. The number of rotatable bonds is 4. The third-order valence-electron chi connectivity index (χ3n) is 2.40. The van der Waals surface area contributed by atoms with Crippen LogP contribution in [0.5, 0.6) is 0 Å². The second-order valence-corrected chi connectivity index (χ2v) is 3.80. The molecule has 0 fully saturated rings. The lowest BCUT2D eigenvalue weighted by molar-refractivity contribution is -0.145. The van der Waals surface area contributed by atoms with Crippen molar-refractivity contribution in [1.82, 2.24) is 19.9 Å². The number of esters is 1. The van der Waals surface area contributed by atoms with Crippen molar-refractivity contribution in [2.75, 3.05) is 6.61 Å². The minimum Gasteiger partial charge on any atom is -0.465 e. The van der Waals surface area contributed by atoms with E-state index in [1.165, 1.54) is 0 Å². The molecule has 0 aliphatic rings. The quantitative estimate of drug-likeness (QED) is 0.756. The van der Waals surface area contributed by atoms with Crippen molar-refractivity contribution in [2.45, 2.75) is 19.8 Å². The third kappa shape index (κ3) is 2.39. The van der Waals surface area contributed by atoms with Gasteiger partial charge in [0.25, 0.3) is 0 Å². The molecule has 0 saturated heterocycles. The van der Waals surface area contributed by atoms with E-state index in [9.17, 15) is 4.79 Å². The Kier molecular flexibility index (Phi) is 3.40. The summed E-state index contributed by atoms with van der Waals surface area (Å²) in [5.74, 6) is -0.362. The first-order chi connectivity index (χ1) is 8.61. The van der Waals surface area contributed by atoms with Gasteiger partial charge in [-0.25, -0.2) is 0 Å². The molecule has 18 heavy (non-hydrogen) atoms. The number of nitrogens with zero attached hydrogens (tertiary/aromatic N) is 4. The fraction of sp³-hybridized carbons (Fsp3) is 0.455. The average Bonchev–Trinajstić information content (AvgIpc) is 2.96. The van der Waals surface area contributed by atoms with Crippen LogP contribution in [0.1, 0.15) is 25.7 Å².